The number of nitrogens with one attached hydrogen (secondary N) is 1. The molecule has 146 valence electrons. The van der Waals surface area contributed by atoms with Gasteiger partial charge in [0, 0.05) is 13.0 Å². The molecule has 0 heterocycles. The lowest BCUT2D eigenvalue weighted by Crippen LogP contribution is -2.28. The third-order valence-electron chi connectivity index (χ3n) is 3.92. The number of Topliss-reactive ketones (excluding diaryl/α,β-unsaturated/α-hetero) is 1. The van der Waals surface area contributed by atoms with Crippen molar-refractivity contribution in [3.63, 3.8) is 0 Å². The topological polar surface area (TPSA) is 120 Å². The highest BCUT2D eigenvalue weighted by molar-refractivity contribution is 7.85. The maximum absolute atomic E-state index is 11.6. The van der Waals surface area contributed by atoms with E-state index in [9.17, 15) is 13.2 Å². The van der Waals surface area contributed by atoms with Gasteiger partial charge >= 0.3 is 0 Å². The smallest absolute Gasteiger partial charge is 0.266 e. The average molecular weight is 368 g/mol. The standard InChI is InChI=1S/C17H35NO4S.H3N/c1-2-3-4-5-6-7-8-9-10-11-12-13-17(19)16-18-14-15-23(20,21)22;/h18H,2-16H2,1H3,(H,20,21,22);1H3/p+1. The molecule has 0 bridgehead atoms. The minimum absolute atomic E-state index is 0. The molecular weight excluding hydrogens is 328 g/mol. The molecule has 0 amide bonds. The Labute approximate surface area is 148 Å². The predicted octanol–water partition coefficient (Wildman–Crippen LogP) is 4.11. The Morgan fingerprint density at radius 1 is 0.875 bits per heavy atom. The van der Waals surface area contributed by atoms with Crippen LogP contribution in [0.5, 0.6) is 0 Å². The van der Waals surface area contributed by atoms with Gasteiger partial charge in [-0.05, 0) is 6.42 Å². The number of unbranched alkanes of at least 4 members (excludes halogenated alkanes) is 10. The SMILES string of the molecule is CCCCCCCCCCCCCC(=O)CNCCS(=O)(=O)O.[NH4+]. The number of ketones is 1. The van der Waals surface area contributed by atoms with E-state index in [-0.39, 0.29) is 30.8 Å². The third-order valence-corrected chi connectivity index (χ3v) is 4.64. The van der Waals surface area contributed by atoms with Gasteiger partial charge < -0.3 is 11.5 Å². The van der Waals surface area contributed by atoms with Crippen molar-refractivity contribution in [2.75, 3.05) is 18.8 Å². The van der Waals surface area contributed by atoms with Crippen molar-refractivity contribution in [3.05, 3.63) is 0 Å². The molecule has 0 saturated heterocycles. The second kappa shape index (κ2) is 17.3. The first-order chi connectivity index (χ1) is 11.0. The van der Waals surface area contributed by atoms with Crippen LogP contribution in [-0.2, 0) is 14.9 Å². The molecule has 0 saturated carbocycles. The van der Waals surface area contributed by atoms with Gasteiger partial charge in [0.05, 0.1) is 12.3 Å². The van der Waals surface area contributed by atoms with Gasteiger partial charge in [0.15, 0.2) is 0 Å². The minimum atomic E-state index is -3.93. The van der Waals surface area contributed by atoms with Gasteiger partial charge in [0.2, 0.25) is 0 Å². The van der Waals surface area contributed by atoms with Crippen LogP contribution in [0.25, 0.3) is 0 Å². The number of carbonyl (C=O) groups is 1. The van der Waals surface area contributed by atoms with Crippen LogP contribution in [0.4, 0.5) is 0 Å². The molecule has 0 spiro atoms. The summed E-state index contributed by atoms with van der Waals surface area (Å²) in [5, 5.41) is 2.74. The van der Waals surface area contributed by atoms with Crippen LogP contribution in [0.15, 0.2) is 0 Å². The molecule has 0 rings (SSSR count). The largest absolute Gasteiger partial charge is 0.369 e. The molecule has 0 aliphatic heterocycles. The van der Waals surface area contributed by atoms with Gasteiger partial charge in [0.1, 0.15) is 5.78 Å². The van der Waals surface area contributed by atoms with E-state index in [1.54, 1.807) is 0 Å². The fourth-order valence-corrected chi connectivity index (χ4v) is 2.91. The van der Waals surface area contributed by atoms with E-state index in [1.165, 1.54) is 57.8 Å². The third kappa shape index (κ3) is 21.5. The Morgan fingerprint density at radius 3 is 1.79 bits per heavy atom. The van der Waals surface area contributed by atoms with Crippen LogP contribution in [-0.4, -0.2) is 37.6 Å². The zero-order chi connectivity index (χ0) is 17.4. The van der Waals surface area contributed by atoms with Crippen molar-refractivity contribution in [1.82, 2.24) is 11.5 Å². The van der Waals surface area contributed by atoms with E-state index >= 15 is 0 Å². The predicted molar refractivity (Wildman–Crippen MR) is 101 cm³/mol. The first-order valence-electron chi connectivity index (χ1n) is 9.13. The first kappa shape index (κ1) is 25.7. The molecule has 0 atom stereocenters. The number of hydrogen-bond acceptors (Lipinski definition) is 4. The maximum atomic E-state index is 11.6. The molecule has 0 aromatic carbocycles. The van der Waals surface area contributed by atoms with E-state index in [4.69, 9.17) is 4.55 Å². The molecule has 0 fully saturated rings. The summed E-state index contributed by atoms with van der Waals surface area (Å²) in [5.74, 6) is -0.241. The molecule has 0 aliphatic rings. The number of rotatable bonds is 17. The molecule has 24 heavy (non-hydrogen) atoms. The molecule has 6 N–H and O–H groups in total. The highest BCUT2D eigenvalue weighted by Crippen LogP contribution is 2.11. The van der Waals surface area contributed by atoms with Crippen molar-refractivity contribution in [2.45, 2.75) is 84.0 Å². The summed E-state index contributed by atoms with van der Waals surface area (Å²) in [6, 6.07) is 0. The summed E-state index contributed by atoms with van der Waals surface area (Å²) in [6.07, 6.45) is 14.4. The van der Waals surface area contributed by atoms with Crippen LogP contribution < -0.4 is 11.5 Å². The Kier molecular flexibility index (Phi) is 18.6. The maximum Gasteiger partial charge on any atom is 0.266 e. The van der Waals surface area contributed by atoms with E-state index in [2.05, 4.69) is 12.2 Å². The molecule has 0 radical (unpaired) electrons. The molecule has 7 heteroatoms. The van der Waals surface area contributed by atoms with Gasteiger partial charge in [-0.25, -0.2) is 0 Å². The van der Waals surface area contributed by atoms with Crippen molar-refractivity contribution < 1.29 is 17.8 Å². The van der Waals surface area contributed by atoms with E-state index in [0.29, 0.717) is 6.42 Å². The minimum Gasteiger partial charge on any atom is -0.369 e. The summed E-state index contributed by atoms with van der Waals surface area (Å²) >= 11 is 0. The number of carbonyl (C=O) groups excluding carboxylic acids is 1. The average Bonchev–Trinajstić information content (AvgIpc) is 2.48. The number of quaternary nitrogens is 1. The summed E-state index contributed by atoms with van der Waals surface area (Å²) in [4.78, 5) is 11.6. The lowest BCUT2D eigenvalue weighted by atomic mass is 10.0. The summed E-state index contributed by atoms with van der Waals surface area (Å²) in [5.41, 5.74) is 0. The summed E-state index contributed by atoms with van der Waals surface area (Å²) < 4.78 is 29.5. The van der Waals surface area contributed by atoms with Crippen molar-refractivity contribution in [2.24, 2.45) is 0 Å². The van der Waals surface area contributed by atoms with Crippen LogP contribution in [0, 0.1) is 0 Å². The highest BCUT2D eigenvalue weighted by Gasteiger charge is 2.05. The Hall–Kier alpha value is -0.500. The van der Waals surface area contributed by atoms with E-state index < -0.39 is 10.1 Å². The Balaban J connectivity index is 0. The van der Waals surface area contributed by atoms with Gasteiger partial charge in [0.25, 0.3) is 10.1 Å². The van der Waals surface area contributed by atoms with Crippen LogP contribution in [0.2, 0.25) is 0 Å². The Bertz CT molecular complexity index is 386. The zero-order valence-electron chi connectivity index (χ0n) is 15.7. The second-order valence-electron chi connectivity index (χ2n) is 6.29. The molecular formula is C17H39N2O4S+. The number of hydrogen-bond donors (Lipinski definition) is 3. The fraction of sp³-hybridized carbons (Fsp3) is 0.941. The van der Waals surface area contributed by atoms with Crippen molar-refractivity contribution in [3.8, 4) is 0 Å². The zero-order valence-corrected chi connectivity index (χ0v) is 16.5. The lowest BCUT2D eigenvalue weighted by Gasteiger charge is -2.04. The van der Waals surface area contributed by atoms with Crippen LogP contribution >= 0.6 is 0 Å². The monoisotopic (exact) mass is 367 g/mol. The lowest BCUT2D eigenvalue weighted by molar-refractivity contribution is -0.118. The van der Waals surface area contributed by atoms with Crippen LogP contribution in [0.1, 0.15) is 84.0 Å². The van der Waals surface area contributed by atoms with Gasteiger partial charge in [-0.3, -0.25) is 9.35 Å². The Morgan fingerprint density at radius 2 is 1.33 bits per heavy atom. The first-order valence-corrected chi connectivity index (χ1v) is 10.7. The van der Waals surface area contributed by atoms with Gasteiger partial charge in [-0.2, -0.15) is 8.42 Å². The second-order valence-corrected chi connectivity index (χ2v) is 7.86. The molecule has 6 nitrogen and oxygen atoms in total. The fourth-order valence-electron chi connectivity index (χ4n) is 2.50. The summed E-state index contributed by atoms with van der Waals surface area (Å²) in [7, 11) is -3.93. The van der Waals surface area contributed by atoms with E-state index in [1.807, 2.05) is 0 Å². The van der Waals surface area contributed by atoms with Crippen LogP contribution in [0.3, 0.4) is 0 Å². The molecule has 0 aromatic rings. The molecule has 0 aromatic heterocycles. The summed E-state index contributed by atoms with van der Waals surface area (Å²) in [6.45, 7) is 2.54. The molecule has 0 unspecified atom stereocenters. The molecule has 0 aliphatic carbocycles. The normalized spacial score (nSPS) is 11.2. The highest BCUT2D eigenvalue weighted by atomic mass is 32.2. The van der Waals surface area contributed by atoms with Crippen molar-refractivity contribution >= 4 is 15.9 Å². The van der Waals surface area contributed by atoms with Gasteiger partial charge in [-0.15, -0.1) is 0 Å². The van der Waals surface area contributed by atoms with Crippen molar-refractivity contribution in [1.29, 1.82) is 0 Å². The van der Waals surface area contributed by atoms with Gasteiger partial charge in [-0.1, -0.05) is 71.1 Å². The van der Waals surface area contributed by atoms with E-state index in [0.717, 1.165) is 12.8 Å². The quantitative estimate of drug-likeness (QED) is 0.264.